The number of nitrogens with two attached hydrogens (primary N) is 2. The summed E-state index contributed by atoms with van der Waals surface area (Å²) in [6.45, 7) is 0.999. The van der Waals surface area contributed by atoms with Gasteiger partial charge < -0.3 is 16.6 Å². The quantitative estimate of drug-likeness (QED) is 0.666. The van der Waals surface area contributed by atoms with E-state index in [2.05, 4.69) is 0 Å². The van der Waals surface area contributed by atoms with Crippen molar-refractivity contribution in [2.45, 2.75) is 16.7 Å². The molecule has 0 saturated carbocycles. The molecule has 0 aliphatic heterocycles. The normalized spacial score (nSPS) is 15.2. The Morgan fingerprint density at radius 3 is 2.47 bits per heavy atom. The minimum Gasteiger partial charge on any atom is -0.479 e. The molecule has 94 valence electrons. The fourth-order valence-corrected chi connectivity index (χ4v) is 2.77. The van der Waals surface area contributed by atoms with Gasteiger partial charge in [-0.05, 0) is 24.6 Å². The summed E-state index contributed by atoms with van der Waals surface area (Å²) in [5.74, 6) is -1.67. The maximum atomic E-state index is 12.1. The van der Waals surface area contributed by atoms with Gasteiger partial charge in [0, 0.05) is 6.54 Å². The van der Waals surface area contributed by atoms with E-state index in [0.717, 1.165) is 0 Å². The fourth-order valence-electron chi connectivity index (χ4n) is 1.30. The second-order valence-electron chi connectivity index (χ2n) is 3.72. The third kappa shape index (κ3) is 2.17. The molecule has 6 nitrogen and oxygen atoms in total. The van der Waals surface area contributed by atoms with E-state index in [1.165, 1.54) is 18.2 Å². The van der Waals surface area contributed by atoms with E-state index in [-0.39, 0.29) is 4.90 Å². The van der Waals surface area contributed by atoms with Crippen molar-refractivity contribution in [3.05, 3.63) is 29.8 Å². The van der Waals surface area contributed by atoms with Crippen LogP contribution in [0.25, 0.3) is 0 Å². The molecule has 0 fully saturated rings. The maximum Gasteiger partial charge on any atom is 0.341 e. The van der Waals surface area contributed by atoms with Crippen LogP contribution >= 0.6 is 0 Å². The van der Waals surface area contributed by atoms with Gasteiger partial charge in [-0.15, -0.1) is 0 Å². The first kappa shape index (κ1) is 13.6. The summed E-state index contributed by atoms with van der Waals surface area (Å²) in [5, 5.41) is 8.91. The average Bonchev–Trinajstić information content (AvgIpc) is 2.27. The number of carboxylic acid groups (broad SMARTS) is 1. The van der Waals surface area contributed by atoms with Crippen molar-refractivity contribution in [3.63, 3.8) is 0 Å². The summed E-state index contributed by atoms with van der Waals surface area (Å²) >= 11 is 0. The van der Waals surface area contributed by atoms with Crippen molar-refractivity contribution >= 4 is 15.8 Å². The predicted molar refractivity (Wildman–Crippen MR) is 62.0 cm³/mol. The molecule has 7 heteroatoms. The predicted octanol–water partition coefficient (Wildman–Crippen LogP) is -0.533. The van der Waals surface area contributed by atoms with Crippen molar-refractivity contribution in [1.29, 1.82) is 0 Å². The van der Waals surface area contributed by atoms with Gasteiger partial charge in [-0.25, -0.2) is 13.2 Å². The average molecular weight is 258 g/mol. The lowest BCUT2D eigenvalue weighted by atomic mass is 10.2. The number of sulfone groups is 1. The lowest BCUT2D eigenvalue weighted by molar-refractivity contribution is -0.139. The van der Waals surface area contributed by atoms with E-state index < -0.39 is 27.2 Å². The molecule has 0 heterocycles. The molecule has 1 aromatic rings. The first-order valence-electron chi connectivity index (χ1n) is 4.79. The Morgan fingerprint density at radius 1 is 1.47 bits per heavy atom. The fraction of sp³-hybridized carbons (Fsp3) is 0.300. The molecule has 0 saturated heterocycles. The van der Waals surface area contributed by atoms with Crippen molar-refractivity contribution in [1.82, 2.24) is 0 Å². The number of aryl methyl sites for hydroxylation is 1. The van der Waals surface area contributed by atoms with Crippen molar-refractivity contribution < 1.29 is 18.3 Å². The first-order valence-corrected chi connectivity index (χ1v) is 6.27. The van der Waals surface area contributed by atoms with Gasteiger partial charge in [0.1, 0.15) is 0 Å². The lowest BCUT2D eigenvalue weighted by Gasteiger charge is -2.22. The smallest absolute Gasteiger partial charge is 0.341 e. The molecule has 0 amide bonds. The van der Waals surface area contributed by atoms with Crippen LogP contribution in [0.3, 0.4) is 0 Å². The Hall–Kier alpha value is -1.44. The van der Waals surface area contributed by atoms with Gasteiger partial charge in [-0.1, -0.05) is 12.1 Å². The molecule has 0 spiro atoms. The van der Waals surface area contributed by atoms with E-state index in [0.29, 0.717) is 5.56 Å². The zero-order chi connectivity index (χ0) is 13.3. The summed E-state index contributed by atoms with van der Waals surface area (Å²) in [6.07, 6.45) is 0. The topological polar surface area (TPSA) is 123 Å². The van der Waals surface area contributed by atoms with Crippen LogP contribution < -0.4 is 11.5 Å². The minimum atomic E-state index is -4.22. The van der Waals surface area contributed by atoms with Gasteiger partial charge in [0.2, 0.25) is 14.7 Å². The van der Waals surface area contributed by atoms with Crippen LogP contribution in [-0.2, 0) is 14.6 Å². The molecule has 1 unspecified atom stereocenters. The van der Waals surface area contributed by atoms with Crippen LogP contribution in [-0.4, -0.2) is 30.9 Å². The van der Waals surface area contributed by atoms with Crippen molar-refractivity contribution in [2.24, 2.45) is 11.5 Å². The minimum absolute atomic E-state index is 0.146. The highest BCUT2D eigenvalue weighted by molar-refractivity contribution is 7.93. The van der Waals surface area contributed by atoms with Gasteiger partial charge >= 0.3 is 5.97 Å². The molecular formula is C10H14N2O4S. The molecular weight excluding hydrogens is 244 g/mol. The molecule has 0 aliphatic carbocycles. The molecule has 1 aromatic carbocycles. The van der Waals surface area contributed by atoms with Crippen molar-refractivity contribution in [2.75, 3.05) is 6.54 Å². The Morgan fingerprint density at radius 2 is 2.06 bits per heavy atom. The maximum absolute atomic E-state index is 12.1. The molecule has 0 aliphatic rings. The van der Waals surface area contributed by atoms with E-state index in [4.69, 9.17) is 16.6 Å². The number of carboxylic acids is 1. The van der Waals surface area contributed by atoms with E-state index in [1.54, 1.807) is 13.0 Å². The van der Waals surface area contributed by atoms with Gasteiger partial charge in [-0.3, -0.25) is 0 Å². The molecule has 1 atom stereocenters. The van der Waals surface area contributed by atoms with Gasteiger partial charge in [-0.2, -0.15) is 0 Å². The highest BCUT2D eigenvalue weighted by Gasteiger charge is 2.47. The number of hydrogen-bond acceptors (Lipinski definition) is 5. The molecule has 17 heavy (non-hydrogen) atoms. The monoisotopic (exact) mass is 258 g/mol. The Labute approximate surface area is 99.2 Å². The van der Waals surface area contributed by atoms with Crippen LogP contribution in [0.1, 0.15) is 5.56 Å². The summed E-state index contributed by atoms with van der Waals surface area (Å²) in [6, 6.07) is 5.86. The Bertz CT molecular complexity index is 541. The van der Waals surface area contributed by atoms with Crippen LogP contribution in [0, 0.1) is 6.92 Å². The highest BCUT2D eigenvalue weighted by atomic mass is 32.2. The van der Waals surface area contributed by atoms with E-state index in [1.807, 2.05) is 0 Å². The molecule has 0 aromatic heterocycles. The number of benzene rings is 1. The summed E-state index contributed by atoms with van der Waals surface area (Å²) in [7, 11) is -4.22. The van der Waals surface area contributed by atoms with Crippen molar-refractivity contribution in [3.8, 4) is 0 Å². The Kier molecular flexibility index (Phi) is 3.56. The molecule has 0 radical (unpaired) electrons. The number of hydrogen-bond donors (Lipinski definition) is 3. The zero-order valence-corrected chi connectivity index (χ0v) is 10.1. The van der Waals surface area contributed by atoms with Gasteiger partial charge in [0.25, 0.3) is 0 Å². The van der Waals surface area contributed by atoms with Crippen LogP contribution in [0.5, 0.6) is 0 Å². The summed E-state index contributed by atoms with van der Waals surface area (Å²) in [4.78, 5) is 8.33. The van der Waals surface area contributed by atoms with Gasteiger partial charge in [0.05, 0.1) is 4.90 Å². The molecule has 0 bridgehead atoms. The van der Waals surface area contributed by atoms with E-state index >= 15 is 0 Å². The van der Waals surface area contributed by atoms with Crippen LogP contribution in [0.2, 0.25) is 0 Å². The highest BCUT2D eigenvalue weighted by Crippen LogP contribution is 2.22. The number of carbonyl (C=O) groups is 1. The van der Waals surface area contributed by atoms with Crippen LogP contribution in [0.15, 0.2) is 29.2 Å². The van der Waals surface area contributed by atoms with E-state index in [9.17, 15) is 13.2 Å². The number of rotatable bonds is 4. The largest absolute Gasteiger partial charge is 0.479 e. The third-order valence-corrected chi connectivity index (χ3v) is 4.62. The molecule has 1 rings (SSSR count). The Balaban J connectivity index is 3.43. The SMILES string of the molecule is Cc1cccc(S(=O)(=O)C(N)(CN)C(=O)O)c1. The second kappa shape index (κ2) is 4.44. The summed E-state index contributed by atoms with van der Waals surface area (Å²) in [5.41, 5.74) is 11.3. The second-order valence-corrected chi connectivity index (χ2v) is 5.93. The first-order chi connectivity index (χ1) is 7.75. The number of aliphatic carboxylic acids is 1. The summed E-state index contributed by atoms with van der Waals surface area (Å²) < 4.78 is 24.2. The molecule has 5 N–H and O–H groups in total. The van der Waals surface area contributed by atoms with Gasteiger partial charge in [0.15, 0.2) is 0 Å². The lowest BCUT2D eigenvalue weighted by Crippen LogP contribution is -2.59. The third-order valence-electron chi connectivity index (χ3n) is 2.44. The standard InChI is InChI=1S/C10H14N2O4S/c1-7-3-2-4-8(5-7)17(15,16)10(12,6-11)9(13)14/h2-5H,6,11-12H2,1H3,(H,13,14). The zero-order valence-electron chi connectivity index (χ0n) is 9.25. The van der Waals surface area contributed by atoms with Crippen LogP contribution in [0.4, 0.5) is 0 Å².